The van der Waals surface area contributed by atoms with Crippen molar-refractivity contribution in [2.24, 2.45) is 0 Å². The molecule has 3 aliphatic rings. The van der Waals surface area contributed by atoms with Crippen molar-refractivity contribution < 1.29 is 0 Å². The molecule has 4 nitrogen and oxygen atoms in total. The molecule has 3 heterocycles. The Hall–Kier alpha value is -0.160. The van der Waals surface area contributed by atoms with Gasteiger partial charge in [-0.3, -0.25) is 0 Å². The average Bonchev–Trinajstić information content (AvgIpc) is 2.83. The SMILES string of the molecule is C1CCN(C2CCN(CCN3CCCNCC3)CC2)CC1. The minimum Gasteiger partial charge on any atom is -0.315 e. The molecular formula is C17H34N4. The average molecular weight is 294 g/mol. The zero-order valence-corrected chi connectivity index (χ0v) is 13.7. The zero-order chi connectivity index (χ0) is 14.3. The molecule has 0 atom stereocenters. The summed E-state index contributed by atoms with van der Waals surface area (Å²) in [6, 6.07) is 0.893. The van der Waals surface area contributed by atoms with E-state index in [0.717, 1.165) is 6.04 Å². The minimum absolute atomic E-state index is 0.893. The van der Waals surface area contributed by atoms with Crippen LogP contribution < -0.4 is 5.32 Å². The molecule has 122 valence electrons. The summed E-state index contributed by atoms with van der Waals surface area (Å²) in [4.78, 5) is 8.14. The fourth-order valence-corrected chi connectivity index (χ4v) is 4.20. The van der Waals surface area contributed by atoms with Gasteiger partial charge in [-0.2, -0.15) is 0 Å². The highest BCUT2D eigenvalue weighted by Crippen LogP contribution is 2.20. The fraction of sp³-hybridized carbons (Fsp3) is 1.00. The first-order chi connectivity index (χ1) is 10.4. The van der Waals surface area contributed by atoms with Gasteiger partial charge in [0.15, 0.2) is 0 Å². The van der Waals surface area contributed by atoms with Gasteiger partial charge >= 0.3 is 0 Å². The van der Waals surface area contributed by atoms with E-state index >= 15 is 0 Å². The largest absolute Gasteiger partial charge is 0.315 e. The first-order valence-corrected chi connectivity index (χ1v) is 9.31. The summed E-state index contributed by atoms with van der Waals surface area (Å²) < 4.78 is 0. The predicted octanol–water partition coefficient (Wildman–Crippen LogP) is 1.23. The molecule has 0 bridgehead atoms. The Morgan fingerprint density at radius 1 is 0.667 bits per heavy atom. The second kappa shape index (κ2) is 8.47. The maximum absolute atomic E-state index is 3.50. The quantitative estimate of drug-likeness (QED) is 0.842. The molecule has 3 fully saturated rings. The van der Waals surface area contributed by atoms with Crippen LogP contribution in [0.4, 0.5) is 0 Å². The Morgan fingerprint density at radius 3 is 2.14 bits per heavy atom. The molecule has 0 radical (unpaired) electrons. The lowest BCUT2D eigenvalue weighted by atomic mass is 10.00. The molecule has 0 saturated carbocycles. The van der Waals surface area contributed by atoms with Crippen LogP contribution in [0.3, 0.4) is 0 Å². The van der Waals surface area contributed by atoms with Crippen LogP contribution >= 0.6 is 0 Å². The highest BCUT2D eigenvalue weighted by molar-refractivity contribution is 4.82. The maximum Gasteiger partial charge on any atom is 0.0120 e. The Labute approximate surface area is 130 Å². The van der Waals surface area contributed by atoms with Crippen molar-refractivity contribution >= 4 is 0 Å². The van der Waals surface area contributed by atoms with E-state index in [2.05, 4.69) is 20.0 Å². The first-order valence-electron chi connectivity index (χ1n) is 9.31. The van der Waals surface area contributed by atoms with Gasteiger partial charge in [-0.15, -0.1) is 0 Å². The molecule has 1 N–H and O–H groups in total. The monoisotopic (exact) mass is 294 g/mol. The molecule has 0 aromatic heterocycles. The van der Waals surface area contributed by atoms with Crippen LogP contribution in [0, 0.1) is 0 Å². The first kappa shape index (κ1) is 15.7. The van der Waals surface area contributed by atoms with E-state index in [1.807, 2.05) is 0 Å². The standard InChI is InChI=1S/C17H34N4/c1-2-10-21(11-3-1)17-5-12-20(13-6-17)16-15-19-9-4-7-18-8-14-19/h17-18H,1-16H2. The lowest BCUT2D eigenvalue weighted by Gasteiger charge is -2.40. The Kier molecular flexibility index (Phi) is 6.34. The zero-order valence-electron chi connectivity index (χ0n) is 13.7. The topological polar surface area (TPSA) is 21.8 Å². The second-order valence-corrected chi connectivity index (χ2v) is 7.11. The van der Waals surface area contributed by atoms with Gasteiger partial charge in [0, 0.05) is 32.2 Å². The van der Waals surface area contributed by atoms with Gasteiger partial charge in [-0.1, -0.05) is 6.42 Å². The molecule has 21 heavy (non-hydrogen) atoms. The van der Waals surface area contributed by atoms with Gasteiger partial charge < -0.3 is 20.0 Å². The predicted molar refractivity (Wildman–Crippen MR) is 88.8 cm³/mol. The van der Waals surface area contributed by atoms with E-state index in [9.17, 15) is 0 Å². The smallest absolute Gasteiger partial charge is 0.0120 e. The van der Waals surface area contributed by atoms with E-state index in [4.69, 9.17) is 0 Å². The summed E-state index contributed by atoms with van der Waals surface area (Å²) >= 11 is 0. The van der Waals surface area contributed by atoms with Gasteiger partial charge in [0.05, 0.1) is 0 Å². The Bertz CT molecular complexity index is 275. The lowest BCUT2D eigenvalue weighted by Crippen LogP contribution is -2.48. The van der Waals surface area contributed by atoms with Crippen LogP contribution in [0.2, 0.25) is 0 Å². The maximum atomic E-state index is 3.50. The third kappa shape index (κ3) is 4.92. The lowest BCUT2D eigenvalue weighted by molar-refractivity contribution is 0.0872. The van der Waals surface area contributed by atoms with Crippen molar-refractivity contribution in [1.82, 2.24) is 20.0 Å². The van der Waals surface area contributed by atoms with E-state index in [-0.39, 0.29) is 0 Å². The molecule has 3 rings (SSSR count). The molecule has 0 aromatic rings. The highest BCUT2D eigenvalue weighted by Gasteiger charge is 2.25. The van der Waals surface area contributed by atoms with Gasteiger partial charge in [0.2, 0.25) is 0 Å². The number of nitrogens with one attached hydrogen (secondary N) is 1. The van der Waals surface area contributed by atoms with E-state index in [0.29, 0.717) is 0 Å². The number of likely N-dealkylation sites (tertiary alicyclic amines) is 2. The number of hydrogen-bond donors (Lipinski definition) is 1. The van der Waals surface area contributed by atoms with Crippen molar-refractivity contribution in [2.45, 2.75) is 44.6 Å². The van der Waals surface area contributed by atoms with Crippen molar-refractivity contribution in [1.29, 1.82) is 0 Å². The third-order valence-electron chi connectivity index (χ3n) is 5.63. The summed E-state index contributed by atoms with van der Waals surface area (Å²) in [6.07, 6.45) is 8.45. The van der Waals surface area contributed by atoms with Crippen LogP contribution in [0.15, 0.2) is 0 Å². The Morgan fingerprint density at radius 2 is 1.38 bits per heavy atom. The van der Waals surface area contributed by atoms with Crippen LogP contribution in [0.1, 0.15) is 38.5 Å². The van der Waals surface area contributed by atoms with Crippen molar-refractivity contribution in [2.75, 3.05) is 65.4 Å². The van der Waals surface area contributed by atoms with Gasteiger partial charge in [-0.05, 0) is 71.4 Å². The summed E-state index contributed by atoms with van der Waals surface area (Å²) in [5, 5.41) is 3.50. The number of rotatable bonds is 4. The third-order valence-corrected chi connectivity index (χ3v) is 5.63. The molecule has 3 aliphatic heterocycles. The summed E-state index contributed by atoms with van der Waals surface area (Å²) in [7, 11) is 0. The number of piperidine rings is 2. The van der Waals surface area contributed by atoms with Crippen LogP contribution in [0.5, 0.6) is 0 Å². The molecule has 0 aromatic carbocycles. The molecule has 0 amide bonds. The summed E-state index contributed by atoms with van der Waals surface area (Å²) in [5.41, 5.74) is 0. The van der Waals surface area contributed by atoms with Crippen LogP contribution in [-0.2, 0) is 0 Å². The van der Waals surface area contributed by atoms with Crippen molar-refractivity contribution in [3.05, 3.63) is 0 Å². The van der Waals surface area contributed by atoms with Gasteiger partial charge in [0.25, 0.3) is 0 Å². The number of hydrogen-bond acceptors (Lipinski definition) is 4. The Balaban J connectivity index is 1.33. The van der Waals surface area contributed by atoms with Gasteiger partial charge in [-0.25, -0.2) is 0 Å². The van der Waals surface area contributed by atoms with E-state index < -0.39 is 0 Å². The van der Waals surface area contributed by atoms with Gasteiger partial charge in [0.1, 0.15) is 0 Å². The van der Waals surface area contributed by atoms with Crippen molar-refractivity contribution in [3.63, 3.8) is 0 Å². The van der Waals surface area contributed by atoms with E-state index in [1.165, 1.54) is 104 Å². The fourth-order valence-electron chi connectivity index (χ4n) is 4.20. The molecule has 0 aliphatic carbocycles. The molecule has 0 spiro atoms. The normalized spacial score (nSPS) is 28.6. The molecule has 0 unspecified atom stereocenters. The molecule has 4 heteroatoms. The van der Waals surface area contributed by atoms with Crippen molar-refractivity contribution in [3.8, 4) is 0 Å². The second-order valence-electron chi connectivity index (χ2n) is 7.11. The van der Waals surface area contributed by atoms with Crippen LogP contribution in [0.25, 0.3) is 0 Å². The van der Waals surface area contributed by atoms with Crippen LogP contribution in [-0.4, -0.2) is 86.2 Å². The molecular weight excluding hydrogens is 260 g/mol. The molecule has 3 saturated heterocycles. The van der Waals surface area contributed by atoms with E-state index in [1.54, 1.807) is 0 Å². The highest BCUT2D eigenvalue weighted by atomic mass is 15.2. The number of nitrogens with zero attached hydrogens (tertiary/aromatic N) is 3. The summed E-state index contributed by atoms with van der Waals surface area (Å²) in [6.45, 7) is 12.9. The minimum atomic E-state index is 0.893. The summed E-state index contributed by atoms with van der Waals surface area (Å²) in [5.74, 6) is 0.